The van der Waals surface area contributed by atoms with Crippen molar-refractivity contribution < 1.29 is 14.0 Å². The fraction of sp³-hybridized carbons (Fsp3) is 0.368. The molecule has 8 heteroatoms. The molecule has 0 unspecified atom stereocenters. The van der Waals surface area contributed by atoms with E-state index in [9.17, 15) is 14.0 Å². The second-order valence-electron chi connectivity index (χ2n) is 6.10. The number of hydrogen-bond acceptors (Lipinski definition) is 5. The summed E-state index contributed by atoms with van der Waals surface area (Å²) in [5.74, 6) is -1.06. The van der Waals surface area contributed by atoms with Gasteiger partial charge >= 0.3 is 0 Å². The van der Waals surface area contributed by atoms with Crippen molar-refractivity contribution in [3.05, 3.63) is 47.0 Å². The number of anilines is 1. The monoisotopic (exact) mass is 390 g/mol. The summed E-state index contributed by atoms with van der Waals surface area (Å²) in [6.45, 7) is 3.96. The van der Waals surface area contributed by atoms with Gasteiger partial charge < -0.3 is 10.6 Å². The van der Waals surface area contributed by atoms with Crippen LogP contribution in [0.2, 0.25) is 0 Å². The molecule has 144 valence electrons. The van der Waals surface area contributed by atoms with E-state index in [1.807, 2.05) is 20.1 Å². The van der Waals surface area contributed by atoms with Gasteiger partial charge in [-0.05, 0) is 56.4 Å². The molecule has 2 amide bonds. The molecule has 0 aliphatic rings. The van der Waals surface area contributed by atoms with Crippen molar-refractivity contribution in [2.24, 2.45) is 5.73 Å². The minimum Gasteiger partial charge on any atom is -0.370 e. The highest BCUT2D eigenvalue weighted by molar-refractivity contribution is 7.98. The first-order chi connectivity index (χ1) is 12.8. The van der Waals surface area contributed by atoms with Crippen LogP contribution in [0.15, 0.2) is 29.4 Å². The molecule has 2 aromatic rings. The summed E-state index contributed by atoms with van der Waals surface area (Å²) in [4.78, 5) is 34.3. The van der Waals surface area contributed by atoms with Crippen molar-refractivity contribution in [1.82, 2.24) is 9.97 Å². The Morgan fingerprint density at radius 3 is 2.22 bits per heavy atom. The lowest BCUT2D eigenvalue weighted by Gasteiger charge is -2.23. The van der Waals surface area contributed by atoms with Gasteiger partial charge in [-0.2, -0.15) is 0 Å². The quantitative estimate of drug-likeness (QED) is 0.553. The van der Waals surface area contributed by atoms with Crippen LogP contribution in [0.5, 0.6) is 0 Å². The topological polar surface area (TPSA) is 89.2 Å². The minimum atomic E-state index is -0.498. The standard InChI is InChI=1S/C19H23FN4O2S/c1-12-16(13(2)23-19(22-12)27-3)8-9-18(26)24(11-10-17(21)25)15-6-4-14(20)5-7-15/h4-7H,8-11H2,1-3H3,(H2,21,25). The largest absolute Gasteiger partial charge is 0.370 e. The maximum Gasteiger partial charge on any atom is 0.227 e. The van der Waals surface area contributed by atoms with Crippen LogP contribution in [0.1, 0.15) is 29.8 Å². The number of hydrogen-bond donors (Lipinski definition) is 1. The Bertz CT molecular complexity index is 804. The maximum atomic E-state index is 13.2. The van der Waals surface area contributed by atoms with E-state index in [-0.39, 0.29) is 25.3 Å². The zero-order valence-electron chi connectivity index (χ0n) is 15.7. The van der Waals surface area contributed by atoms with E-state index < -0.39 is 11.7 Å². The Morgan fingerprint density at radius 2 is 1.70 bits per heavy atom. The molecule has 2 rings (SSSR count). The first kappa shape index (κ1) is 20.8. The number of aromatic nitrogens is 2. The molecule has 0 atom stereocenters. The Balaban J connectivity index is 2.16. The lowest BCUT2D eigenvalue weighted by Crippen LogP contribution is -2.34. The van der Waals surface area contributed by atoms with Gasteiger partial charge in [-0.15, -0.1) is 0 Å². The third-order valence-electron chi connectivity index (χ3n) is 4.19. The van der Waals surface area contributed by atoms with Gasteiger partial charge in [0.1, 0.15) is 5.82 Å². The van der Waals surface area contributed by atoms with Crippen LogP contribution in [0, 0.1) is 19.7 Å². The maximum absolute atomic E-state index is 13.2. The molecule has 2 N–H and O–H groups in total. The van der Waals surface area contributed by atoms with E-state index >= 15 is 0 Å². The predicted molar refractivity (Wildman–Crippen MR) is 104 cm³/mol. The van der Waals surface area contributed by atoms with E-state index in [0.29, 0.717) is 17.3 Å². The summed E-state index contributed by atoms with van der Waals surface area (Å²) in [7, 11) is 0. The summed E-state index contributed by atoms with van der Waals surface area (Å²) in [6, 6.07) is 5.59. The van der Waals surface area contributed by atoms with Crippen LogP contribution >= 0.6 is 11.8 Å². The Hall–Kier alpha value is -2.48. The van der Waals surface area contributed by atoms with Crippen molar-refractivity contribution in [3.63, 3.8) is 0 Å². The summed E-state index contributed by atoms with van der Waals surface area (Å²) < 4.78 is 13.2. The van der Waals surface area contributed by atoms with Gasteiger partial charge in [-0.3, -0.25) is 9.59 Å². The summed E-state index contributed by atoms with van der Waals surface area (Å²) in [5.41, 5.74) is 8.40. The number of benzene rings is 1. The van der Waals surface area contributed by atoms with Gasteiger partial charge in [0.05, 0.1) is 0 Å². The smallest absolute Gasteiger partial charge is 0.227 e. The first-order valence-corrected chi connectivity index (χ1v) is 9.76. The van der Waals surface area contributed by atoms with Crippen LogP contribution in [-0.4, -0.2) is 34.6 Å². The minimum absolute atomic E-state index is 0.0344. The van der Waals surface area contributed by atoms with E-state index in [2.05, 4.69) is 9.97 Å². The van der Waals surface area contributed by atoms with Crippen molar-refractivity contribution in [3.8, 4) is 0 Å². The van der Waals surface area contributed by atoms with Crippen LogP contribution < -0.4 is 10.6 Å². The Kier molecular flexibility index (Phi) is 7.29. The molecule has 1 aromatic carbocycles. The van der Waals surface area contributed by atoms with E-state index in [1.54, 1.807) is 0 Å². The molecule has 6 nitrogen and oxygen atoms in total. The molecule has 0 aliphatic carbocycles. The number of rotatable bonds is 8. The van der Waals surface area contributed by atoms with Crippen LogP contribution in [0.4, 0.5) is 10.1 Å². The highest BCUT2D eigenvalue weighted by atomic mass is 32.2. The normalized spacial score (nSPS) is 10.7. The molecule has 0 bridgehead atoms. The molecular weight excluding hydrogens is 367 g/mol. The number of nitrogens with two attached hydrogens (primary N) is 1. The molecule has 1 heterocycles. The van der Waals surface area contributed by atoms with Crippen LogP contribution in [-0.2, 0) is 16.0 Å². The van der Waals surface area contributed by atoms with Crippen LogP contribution in [0.3, 0.4) is 0 Å². The second-order valence-corrected chi connectivity index (χ2v) is 6.87. The Labute approximate surface area is 162 Å². The number of nitrogens with zero attached hydrogens (tertiary/aromatic N) is 3. The number of thioether (sulfide) groups is 1. The lowest BCUT2D eigenvalue weighted by atomic mass is 10.1. The van der Waals surface area contributed by atoms with Gasteiger partial charge in [-0.1, -0.05) is 11.8 Å². The number of carbonyl (C=O) groups excluding carboxylic acids is 2. The zero-order valence-corrected chi connectivity index (χ0v) is 16.5. The van der Waals surface area contributed by atoms with Crippen LogP contribution in [0.25, 0.3) is 0 Å². The zero-order chi connectivity index (χ0) is 20.0. The van der Waals surface area contributed by atoms with Gasteiger partial charge in [-0.25, -0.2) is 14.4 Å². The number of carbonyl (C=O) groups is 2. The molecule has 0 radical (unpaired) electrons. The number of primary amides is 1. The average Bonchev–Trinajstić information content (AvgIpc) is 2.62. The predicted octanol–water partition coefficient (Wildman–Crippen LogP) is 2.80. The van der Waals surface area contributed by atoms with E-state index in [1.165, 1.54) is 40.9 Å². The summed E-state index contributed by atoms with van der Waals surface area (Å²) in [5, 5.41) is 0.703. The van der Waals surface area contributed by atoms with E-state index in [0.717, 1.165) is 17.0 Å². The van der Waals surface area contributed by atoms with Gasteiger partial charge in [0.25, 0.3) is 0 Å². The van der Waals surface area contributed by atoms with Crippen molar-refractivity contribution in [2.45, 2.75) is 38.3 Å². The number of halogens is 1. The number of aryl methyl sites for hydroxylation is 2. The lowest BCUT2D eigenvalue weighted by molar-refractivity contribution is -0.119. The number of amides is 2. The molecule has 0 aliphatic heterocycles. The SMILES string of the molecule is CSc1nc(C)c(CCC(=O)N(CCC(N)=O)c2ccc(F)cc2)c(C)n1. The highest BCUT2D eigenvalue weighted by Crippen LogP contribution is 2.20. The van der Waals surface area contributed by atoms with Gasteiger partial charge in [0.15, 0.2) is 5.16 Å². The summed E-state index contributed by atoms with van der Waals surface area (Å²) >= 11 is 1.47. The average molecular weight is 390 g/mol. The van der Waals surface area contributed by atoms with Crippen molar-refractivity contribution in [2.75, 3.05) is 17.7 Å². The fourth-order valence-corrected chi connectivity index (χ4v) is 3.23. The third kappa shape index (κ3) is 5.75. The van der Waals surface area contributed by atoms with Crippen molar-refractivity contribution in [1.29, 1.82) is 0 Å². The molecule has 0 fully saturated rings. The third-order valence-corrected chi connectivity index (χ3v) is 4.74. The van der Waals surface area contributed by atoms with E-state index in [4.69, 9.17) is 5.73 Å². The fourth-order valence-electron chi connectivity index (χ4n) is 2.77. The van der Waals surface area contributed by atoms with Gasteiger partial charge in [0.2, 0.25) is 11.8 Å². The molecular formula is C19H23FN4O2S. The summed E-state index contributed by atoms with van der Waals surface area (Å²) in [6.07, 6.45) is 2.66. The van der Waals surface area contributed by atoms with Crippen molar-refractivity contribution >= 4 is 29.3 Å². The molecule has 0 saturated heterocycles. The highest BCUT2D eigenvalue weighted by Gasteiger charge is 2.18. The second kappa shape index (κ2) is 9.45. The van der Waals surface area contributed by atoms with Gasteiger partial charge in [0, 0.05) is 36.5 Å². The Morgan fingerprint density at radius 1 is 1.11 bits per heavy atom. The molecule has 0 saturated carbocycles. The molecule has 0 spiro atoms. The molecule has 27 heavy (non-hydrogen) atoms. The molecule has 1 aromatic heterocycles. The first-order valence-electron chi connectivity index (χ1n) is 8.54.